The molecule has 0 amide bonds. The molecule has 10 heteroatoms. The number of benzene rings is 4. The molecule has 4 N–H and O–H groups in total. The van der Waals surface area contributed by atoms with E-state index in [9.17, 15) is 39.6 Å². The molecule has 0 aromatic heterocycles. The second kappa shape index (κ2) is 48.0. The summed E-state index contributed by atoms with van der Waals surface area (Å²) in [5, 5.41) is 41.5. The van der Waals surface area contributed by atoms with E-state index in [2.05, 4.69) is 260 Å². The number of hydrogen-bond donors (Lipinski definition) is 4. The Hall–Kier alpha value is -3.99. The van der Waals surface area contributed by atoms with Crippen LogP contribution < -0.4 is 0 Å². The van der Waals surface area contributed by atoms with Crippen molar-refractivity contribution in [1.82, 2.24) is 0 Å². The molecule has 0 unspecified atom stereocenters. The molecule has 20 rings (SSSR count). The summed E-state index contributed by atoms with van der Waals surface area (Å²) < 4.78 is 0. The largest absolute Gasteiger partial charge is 0.481 e. The van der Waals surface area contributed by atoms with Crippen LogP contribution in [0.1, 0.15) is 467 Å². The van der Waals surface area contributed by atoms with Crippen LogP contribution in [0.2, 0.25) is 0 Å². The van der Waals surface area contributed by atoms with Crippen molar-refractivity contribution in [3.8, 4) is 0 Å². The fourth-order valence-electron chi connectivity index (χ4n) is 42.7. The third kappa shape index (κ3) is 22.9. The van der Waals surface area contributed by atoms with E-state index in [4.69, 9.17) is 0 Å². The van der Waals surface area contributed by atoms with E-state index >= 15 is 0 Å². The molecule has 8 nitrogen and oxygen atoms in total. The predicted octanol–water partition coefficient (Wildman–Crippen LogP) is 36.8. The van der Waals surface area contributed by atoms with Crippen molar-refractivity contribution in [1.29, 1.82) is 0 Å². The molecule has 16 saturated carbocycles. The summed E-state index contributed by atoms with van der Waals surface area (Å²) in [4.78, 5) is 50.4. The summed E-state index contributed by atoms with van der Waals surface area (Å²) in [5.41, 5.74) is 7.79. The summed E-state index contributed by atoms with van der Waals surface area (Å²) in [6.07, 6.45) is 57.5. The molecule has 818 valence electrons. The van der Waals surface area contributed by atoms with E-state index < -0.39 is 23.9 Å². The quantitative estimate of drug-likeness (QED) is 0.0411. The van der Waals surface area contributed by atoms with Gasteiger partial charge < -0.3 is 20.4 Å². The average molecular weight is 2180 g/mol. The molecule has 16 aliphatic rings. The van der Waals surface area contributed by atoms with Crippen molar-refractivity contribution in [3.05, 3.63) is 144 Å². The minimum Gasteiger partial charge on any atom is -0.481 e. The van der Waals surface area contributed by atoms with Gasteiger partial charge in [0, 0.05) is 39.0 Å². The number of aliphatic carboxylic acids is 4. The fourth-order valence-corrected chi connectivity index (χ4v) is 42.7. The monoisotopic (exact) mass is 2180 g/mol. The first-order valence-electron chi connectivity index (χ1n) is 61.7. The summed E-state index contributed by atoms with van der Waals surface area (Å²) in [6.45, 7) is 49.9. The Bertz CT molecular complexity index is 4240. The molecule has 0 spiro atoms. The molecule has 0 aliphatic heterocycles. The molecule has 4 aromatic rings. The number of fused-ring (bicyclic) bond motifs is 20. The van der Waals surface area contributed by atoms with Gasteiger partial charge in [0.1, 0.15) is 0 Å². The van der Waals surface area contributed by atoms with Gasteiger partial charge in [0.05, 0.1) is 23.7 Å². The van der Waals surface area contributed by atoms with Crippen molar-refractivity contribution in [2.24, 2.45) is 233 Å². The molecule has 16 fully saturated rings. The van der Waals surface area contributed by atoms with Crippen molar-refractivity contribution >= 4 is 23.9 Å². The van der Waals surface area contributed by atoms with Crippen LogP contribution in [0.3, 0.4) is 0 Å². The third-order valence-electron chi connectivity index (χ3n) is 50.0. The van der Waals surface area contributed by atoms with E-state index in [-0.39, 0.29) is 108 Å². The van der Waals surface area contributed by atoms with Gasteiger partial charge in [0.25, 0.3) is 0 Å². The first-order chi connectivity index (χ1) is 68.6. The van der Waals surface area contributed by atoms with Crippen LogP contribution in [0.5, 0.6) is 0 Å². The molecule has 0 bridgehead atoms. The minimum atomic E-state index is -0.567. The van der Waals surface area contributed by atoms with Gasteiger partial charge in [0.2, 0.25) is 0 Å². The molecule has 146 heavy (non-hydrogen) atoms. The Kier molecular flexibility index (Phi) is 38.1. The number of carbonyl (C=O) groups is 4. The van der Waals surface area contributed by atoms with Crippen LogP contribution in [0, 0.1) is 233 Å². The van der Waals surface area contributed by atoms with Crippen LogP contribution in [0.25, 0.3) is 0 Å². The van der Waals surface area contributed by atoms with Crippen molar-refractivity contribution in [3.63, 3.8) is 0 Å². The summed E-state index contributed by atoms with van der Waals surface area (Å²) in [6, 6.07) is 42.2. The first-order valence-corrected chi connectivity index (χ1v) is 61.7. The van der Waals surface area contributed by atoms with Crippen molar-refractivity contribution in [2.45, 2.75) is 445 Å². The van der Waals surface area contributed by atoms with E-state index in [1.165, 1.54) is 253 Å². The zero-order valence-electron chi connectivity index (χ0n) is 95.5. The SMILES string of the molecule is CC(C)CCC[C@@H](C)[C@H]1CC[C@H]2[C@@H]3CC[C@H]4C[C@@H](c5ccccc5)[C@H](C(=O)O)C[C@]4(C)[C@H]3CC[C@]12C.CC(C)CCC[C@@H](C)[C@H]1CC[C@H]2[C@@H]3CC[C@H]4C[C@@H](c5ccccc5)[C@H](C(=O)O)C[C@]4(C)[C@H]3CC[C@]12C.CC(C)CCC[C@@H](C)[C@H]1CC[C@H]2[C@@H]3CC[C@H]4C[C@@H](c5ccccc5)[C@H](C(=O)O)C[C@]4(C)[C@H]3CC[C@]12C.CC(C)CCC[C@@H](C)[C@H]1CC[C@H]2[C@@H]3CC[C@H]4C[C@@H](c5ccccc5)[C@H](C(=O)O)C[C@]4(C)[C@H]3CC[C@]12C.[Rh].[Rh]. The maximum absolute atomic E-state index is 12.6. The van der Waals surface area contributed by atoms with Gasteiger partial charge in [-0.3, -0.25) is 19.2 Å². The Labute approximate surface area is 916 Å². The molecule has 40 atom stereocenters. The van der Waals surface area contributed by atoms with Crippen LogP contribution in [0.4, 0.5) is 0 Å². The van der Waals surface area contributed by atoms with Crippen LogP contribution in [-0.2, 0) is 58.1 Å². The van der Waals surface area contributed by atoms with Crippen LogP contribution >= 0.6 is 0 Å². The maximum Gasteiger partial charge on any atom is 0.307 e. The van der Waals surface area contributed by atoms with Crippen molar-refractivity contribution < 1.29 is 78.6 Å². The standard InChI is InChI=1S/4C34H52O2.2Rh/c4*1-22(2)10-9-11-23(3)29-16-17-30-26-15-14-25-20-27(24-12-7-6-8-13-24)28(32(35)36)21-34(25,5)31(26)18-19-33(29,30)4;;/h4*6-8,12-13,22-23,25-31H,9-11,14-21H2,1-5H3,(H,35,36);;/t4*23-,25+,26+,27+,28-,29-,30+,31+,33-,34+;;/m1111../s1. The summed E-state index contributed by atoms with van der Waals surface area (Å²) in [7, 11) is 0. The minimum absolute atomic E-state index is 0. The summed E-state index contributed by atoms with van der Waals surface area (Å²) >= 11 is 0. The van der Waals surface area contributed by atoms with Crippen LogP contribution in [-0.4, -0.2) is 44.3 Å². The molecule has 4 aromatic carbocycles. The van der Waals surface area contributed by atoms with E-state index in [1.807, 2.05) is 0 Å². The van der Waals surface area contributed by atoms with E-state index in [1.54, 1.807) is 0 Å². The van der Waals surface area contributed by atoms with Gasteiger partial charge in [-0.2, -0.15) is 0 Å². The predicted molar refractivity (Wildman–Crippen MR) is 595 cm³/mol. The van der Waals surface area contributed by atoms with Crippen molar-refractivity contribution in [2.75, 3.05) is 0 Å². The number of carboxylic acids is 4. The third-order valence-corrected chi connectivity index (χ3v) is 50.0. The fraction of sp³-hybridized carbons (Fsp3) is 0.794. The second-order valence-electron chi connectivity index (χ2n) is 58.4. The van der Waals surface area contributed by atoms with E-state index in [0.717, 1.165) is 193 Å². The smallest absolute Gasteiger partial charge is 0.307 e. The molecular weight excluding hydrogens is 1970 g/mol. The number of carboxylic acid groups (broad SMARTS) is 4. The molecular formula is C136H208O8Rh2. The maximum atomic E-state index is 12.6. The van der Waals surface area contributed by atoms with Gasteiger partial charge in [-0.15, -0.1) is 0 Å². The summed E-state index contributed by atoms with van der Waals surface area (Å²) in [5.74, 6) is 20.1. The van der Waals surface area contributed by atoms with Gasteiger partial charge in [0.15, 0.2) is 0 Å². The zero-order chi connectivity index (χ0) is 103. The Morgan fingerprint density at radius 3 is 0.589 bits per heavy atom. The van der Waals surface area contributed by atoms with Gasteiger partial charge >= 0.3 is 23.9 Å². The van der Waals surface area contributed by atoms with Gasteiger partial charge in [-0.1, -0.05) is 337 Å². The van der Waals surface area contributed by atoms with E-state index in [0.29, 0.717) is 45.3 Å². The Morgan fingerprint density at radius 1 is 0.240 bits per heavy atom. The topological polar surface area (TPSA) is 149 Å². The normalized spacial score (nSPS) is 42.3. The molecule has 2 radical (unpaired) electrons. The van der Waals surface area contributed by atoms with Gasteiger partial charge in [-0.05, 0) is 460 Å². The second-order valence-corrected chi connectivity index (χ2v) is 58.4. The zero-order valence-corrected chi connectivity index (χ0v) is 98.8. The van der Waals surface area contributed by atoms with Gasteiger partial charge in [-0.25, -0.2) is 0 Å². The average Bonchev–Trinajstić information content (AvgIpc) is 1.19. The Balaban J connectivity index is 0.000000145. The molecule has 0 heterocycles. The number of hydrogen-bond acceptors (Lipinski definition) is 4. The molecule has 0 saturated heterocycles. The first kappa shape index (κ1) is 116. The Morgan fingerprint density at radius 2 is 0.418 bits per heavy atom. The van der Waals surface area contributed by atoms with Crippen LogP contribution in [0.15, 0.2) is 121 Å². The number of rotatable bonds is 28. The molecule has 16 aliphatic carbocycles.